The first kappa shape index (κ1) is 16.0. The van der Waals surface area contributed by atoms with E-state index in [1.54, 1.807) is 19.9 Å². The molecule has 1 aromatic heterocycles. The van der Waals surface area contributed by atoms with Gasteiger partial charge in [-0.3, -0.25) is 15.6 Å². The van der Waals surface area contributed by atoms with Crippen molar-refractivity contribution in [1.82, 2.24) is 10.9 Å². The number of hydrogen-bond acceptors (Lipinski definition) is 3. The Morgan fingerprint density at radius 2 is 1.82 bits per heavy atom. The second-order valence-corrected chi connectivity index (χ2v) is 5.59. The highest BCUT2D eigenvalue weighted by atomic mass is 32.1. The maximum absolute atomic E-state index is 12.0. The fourth-order valence-corrected chi connectivity index (χ4v) is 2.22. The summed E-state index contributed by atoms with van der Waals surface area (Å²) in [4.78, 5) is 12.0. The quantitative estimate of drug-likeness (QED) is 0.586. The largest absolute Gasteiger partial charge is 0.466 e. The van der Waals surface area contributed by atoms with Gasteiger partial charge in [0.1, 0.15) is 11.5 Å². The lowest BCUT2D eigenvalue weighted by Crippen LogP contribution is -2.43. The molecule has 0 spiro atoms. The van der Waals surface area contributed by atoms with Crippen molar-refractivity contribution in [2.75, 3.05) is 5.32 Å². The summed E-state index contributed by atoms with van der Waals surface area (Å²) in [5, 5.41) is 3.38. The van der Waals surface area contributed by atoms with Crippen LogP contribution in [0.1, 0.15) is 33.0 Å². The third-order valence-corrected chi connectivity index (χ3v) is 3.42. The summed E-state index contributed by atoms with van der Waals surface area (Å²) in [6, 6.07) is 7.72. The fraction of sp³-hybridized carbons (Fsp3) is 0.250. The number of rotatable bonds is 2. The van der Waals surface area contributed by atoms with Crippen LogP contribution in [0.15, 0.2) is 28.7 Å². The SMILES string of the molecule is Cc1ccc(C)c(NC(=S)NNC(=O)c2cc(C)oc2C)c1. The van der Waals surface area contributed by atoms with Crippen LogP contribution in [0.2, 0.25) is 0 Å². The van der Waals surface area contributed by atoms with Crippen LogP contribution >= 0.6 is 12.2 Å². The molecular weight excluding hydrogens is 298 g/mol. The van der Waals surface area contributed by atoms with Gasteiger partial charge in [-0.25, -0.2) is 0 Å². The van der Waals surface area contributed by atoms with Crippen molar-refractivity contribution >= 4 is 28.9 Å². The first-order chi connectivity index (χ1) is 10.4. The van der Waals surface area contributed by atoms with Crippen LogP contribution in [0.3, 0.4) is 0 Å². The van der Waals surface area contributed by atoms with Crippen molar-refractivity contribution in [2.45, 2.75) is 27.7 Å². The summed E-state index contributed by atoms with van der Waals surface area (Å²) in [6.07, 6.45) is 0. The second-order valence-electron chi connectivity index (χ2n) is 5.18. The van der Waals surface area contributed by atoms with E-state index in [4.69, 9.17) is 16.6 Å². The van der Waals surface area contributed by atoms with Crippen LogP contribution in [0.5, 0.6) is 0 Å². The molecule has 5 nitrogen and oxygen atoms in total. The van der Waals surface area contributed by atoms with Crippen LogP contribution in [-0.4, -0.2) is 11.0 Å². The monoisotopic (exact) mass is 317 g/mol. The van der Waals surface area contributed by atoms with Gasteiger partial charge in [-0.2, -0.15) is 0 Å². The van der Waals surface area contributed by atoms with Gasteiger partial charge in [0.15, 0.2) is 5.11 Å². The molecule has 1 amide bonds. The van der Waals surface area contributed by atoms with Gasteiger partial charge in [0.25, 0.3) is 5.91 Å². The predicted molar refractivity (Wildman–Crippen MR) is 90.9 cm³/mol. The van der Waals surface area contributed by atoms with E-state index in [-0.39, 0.29) is 5.91 Å². The van der Waals surface area contributed by atoms with Gasteiger partial charge in [0, 0.05) is 5.69 Å². The highest BCUT2D eigenvalue weighted by Crippen LogP contribution is 2.16. The number of amides is 1. The maximum Gasteiger partial charge on any atom is 0.273 e. The molecule has 0 fully saturated rings. The molecular formula is C16H19N3O2S. The normalized spacial score (nSPS) is 10.2. The number of hydrazine groups is 1. The van der Waals surface area contributed by atoms with Crippen LogP contribution in [0, 0.1) is 27.7 Å². The minimum atomic E-state index is -0.292. The Morgan fingerprint density at radius 1 is 1.09 bits per heavy atom. The smallest absolute Gasteiger partial charge is 0.273 e. The molecule has 0 atom stereocenters. The Labute approximate surface area is 135 Å². The fourth-order valence-electron chi connectivity index (χ4n) is 2.06. The molecule has 2 rings (SSSR count). The number of nitrogens with one attached hydrogen (secondary N) is 3. The van der Waals surface area contributed by atoms with E-state index < -0.39 is 0 Å². The zero-order valence-corrected chi connectivity index (χ0v) is 13.9. The van der Waals surface area contributed by atoms with Crippen molar-refractivity contribution < 1.29 is 9.21 Å². The first-order valence-electron chi connectivity index (χ1n) is 6.88. The molecule has 0 bridgehead atoms. The van der Waals surface area contributed by atoms with E-state index in [0.29, 0.717) is 22.2 Å². The Balaban J connectivity index is 1.94. The summed E-state index contributed by atoms with van der Waals surface area (Å²) in [5.74, 6) is 0.975. The lowest BCUT2D eigenvalue weighted by molar-refractivity contribution is 0.0942. The van der Waals surface area contributed by atoms with E-state index in [1.807, 2.05) is 32.0 Å². The van der Waals surface area contributed by atoms with Gasteiger partial charge in [0.2, 0.25) is 0 Å². The van der Waals surface area contributed by atoms with E-state index in [1.165, 1.54) is 0 Å². The Morgan fingerprint density at radius 3 is 2.45 bits per heavy atom. The van der Waals surface area contributed by atoms with Gasteiger partial charge in [-0.1, -0.05) is 12.1 Å². The van der Waals surface area contributed by atoms with E-state index in [2.05, 4.69) is 16.2 Å². The highest BCUT2D eigenvalue weighted by Gasteiger charge is 2.13. The Hall–Kier alpha value is -2.34. The number of aryl methyl sites for hydroxylation is 4. The minimum absolute atomic E-state index is 0.292. The van der Waals surface area contributed by atoms with Crippen molar-refractivity contribution in [2.24, 2.45) is 0 Å². The lowest BCUT2D eigenvalue weighted by atomic mass is 10.1. The molecule has 0 saturated heterocycles. The van der Waals surface area contributed by atoms with Gasteiger partial charge in [-0.05, 0) is 63.2 Å². The molecule has 0 radical (unpaired) electrons. The number of anilines is 1. The Bertz CT molecular complexity index is 722. The van der Waals surface area contributed by atoms with Crippen molar-refractivity contribution in [3.05, 3.63) is 52.5 Å². The van der Waals surface area contributed by atoms with E-state index >= 15 is 0 Å². The Kier molecular flexibility index (Phi) is 4.82. The molecule has 6 heteroatoms. The molecule has 0 aliphatic rings. The number of benzene rings is 1. The molecule has 0 unspecified atom stereocenters. The predicted octanol–water partition coefficient (Wildman–Crippen LogP) is 3.14. The minimum Gasteiger partial charge on any atom is -0.466 e. The molecule has 3 N–H and O–H groups in total. The maximum atomic E-state index is 12.0. The van der Waals surface area contributed by atoms with Crippen LogP contribution in [-0.2, 0) is 0 Å². The molecule has 1 heterocycles. The zero-order valence-electron chi connectivity index (χ0n) is 13.0. The summed E-state index contributed by atoms with van der Waals surface area (Å²) in [5.41, 5.74) is 8.84. The number of carbonyl (C=O) groups is 1. The van der Waals surface area contributed by atoms with Crippen molar-refractivity contribution in [3.63, 3.8) is 0 Å². The van der Waals surface area contributed by atoms with E-state index in [9.17, 15) is 4.79 Å². The number of thiocarbonyl (C=S) groups is 1. The number of hydrogen-bond donors (Lipinski definition) is 3. The van der Waals surface area contributed by atoms with Crippen molar-refractivity contribution in [3.8, 4) is 0 Å². The summed E-state index contributed by atoms with van der Waals surface area (Å²) >= 11 is 5.18. The highest BCUT2D eigenvalue weighted by molar-refractivity contribution is 7.80. The summed E-state index contributed by atoms with van der Waals surface area (Å²) < 4.78 is 5.33. The van der Waals surface area contributed by atoms with Crippen LogP contribution < -0.4 is 16.2 Å². The third kappa shape index (κ3) is 3.85. The molecule has 0 aliphatic heterocycles. The number of furan rings is 1. The summed E-state index contributed by atoms with van der Waals surface area (Å²) in [6.45, 7) is 7.53. The molecule has 116 valence electrons. The average Bonchev–Trinajstić information content (AvgIpc) is 2.79. The van der Waals surface area contributed by atoms with Gasteiger partial charge >= 0.3 is 0 Å². The standard InChI is InChI=1S/C16H19N3O2S/c1-9-5-6-10(2)14(7-9)17-16(22)19-18-15(20)13-8-11(3)21-12(13)4/h5-8H,1-4H3,(H,18,20)(H2,17,19,22). The van der Waals surface area contributed by atoms with E-state index in [0.717, 1.165) is 16.8 Å². The third-order valence-electron chi connectivity index (χ3n) is 3.22. The second kappa shape index (κ2) is 6.62. The lowest BCUT2D eigenvalue weighted by Gasteiger charge is -2.13. The molecule has 2 aromatic rings. The summed E-state index contributed by atoms with van der Waals surface area (Å²) in [7, 11) is 0. The van der Waals surface area contributed by atoms with Crippen molar-refractivity contribution in [1.29, 1.82) is 0 Å². The molecule has 0 aliphatic carbocycles. The van der Waals surface area contributed by atoms with Crippen LogP contribution in [0.25, 0.3) is 0 Å². The van der Waals surface area contributed by atoms with Gasteiger partial charge < -0.3 is 9.73 Å². The molecule has 1 aromatic carbocycles. The average molecular weight is 317 g/mol. The number of carbonyl (C=O) groups excluding carboxylic acids is 1. The molecule has 22 heavy (non-hydrogen) atoms. The molecule has 0 saturated carbocycles. The zero-order chi connectivity index (χ0) is 16.3. The van der Waals surface area contributed by atoms with Crippen LogP contribution in [0.4, 0.5) is 5.69 Å². The topological polar surface area (TPSA) is 66.3 Å². The van der Waals surface area contributed by atoms with Gasteiger partial charge in [0.05, 0.1) is 5.56 Å². The first-order valence-corrected chi connectivity index (χ1v) is 7.29. The van der Waals surface area contributed by atoms with Gasteiger partial charge in [-0.15, -0.1) is 0 Å².